The summed E-state index contributed by atoms with van der Waals surface area (Å²) in [5.74, 6) is 0.220. The Bertz CT molecular complexity index is 552. The van der Waals surface area contributed by atoms with E-state index in [1.165, 1.54) is 38.6 Å². The largest absolute Gasteiger partial charge is 0.339 e. The first-order valence-electron chi connectivity index (χ1n) is 8.13. The lowest BCUT2D eigenvalue weighted by atomic mass is 9.99. The van der Waals surface area contributed by atoms with Gasteiger partial charge in [-0.25, -0.2) is 0 Å². The van der Waals surface area contributed by atoms with Crippen LogP contribution < -0.4 is 0 Å². The Morgan fingerprint density at radius 1 is 1.10 bits per heavy atom. The molecule has 3 heterocycles. The number of carbonyl (C=O) groups excluding carboxylic acids is 1. The quantitative estimate of drug-likeness (QED) is 0.819. The second-order valence-electron chi connectivity index (χ2n) is 6.62. The van der Waals surface area contributed by atoms with Crippen LogP contribution in [0.25, 0.3) is 0 Å². The lowest BCUT2D eigenvalue weighted by molar-refractivity contribution is 0.0364. The molecule has 0 N–H and O–H groups in total. The van der Waals surface area contributed by atoms with E-state index >= 15 is 0 Å². The molecule has 1 aromatic rings. The van der Waals surface area contributed by atoms with Crippen molar-refractivity contribution in [1.82, 2.24) is 14.4 Å². The van der Waals surface area contributed by atoms with Crippen molar-refractivity contribution in [2.24, 2.45) is 0 Å². The Labute approximate surface area is 134 Å². The molecule has 4 rings (SSSR count). The molecule has 2 saturated heterocycles. The molecular weight excluding hydrogens is 330 g/mol. The number of amides is 1. The number of fused-ring (bicyclic) bond motifs is 1. The maximum atomic E-state index is 12.9. The van der Waals surface area contributed by atoms with E-state index in [0.29, 0.717) is 12.1 Å². The van der Waals surface area contributed by atoms with E-state index in [1.54, 1.807) is 0 Å². The minimum atomic E-state index is 0.220. The van der Waals surface area contributed by atoms with Crippen LogP contribution in [0, 0.1) is 0 Å². The molecular formula is C16H22BrN3O. The third-order valence-corrected chi connectivity index (χ3v) is 5.53. The van der Waals surface area contributed by atoms with E-state index in [4.69, 9.17) is 0 Å². The second kappa shape index (κ2) is 5.43. The van der Waals surface area contributed by atoms with Crippen molar-refractivity contribution in [3.8, 4) is 0 Å². The van der Waals surface area contributed by atoms with Gasteiger partial charge in [-0.1, -0.05) is 6.42 Å². The van der Waals surface area contributed by atoms with Crippen LogP contribution in [0.3, 0.4) is 0 Å². The Morgan fingerprint density at radius 2 is 1.95 bits per heavy atom. The van der Waals surface area contributed by atoms with E-state index in [9.17, 15) is 4.79 Å². The van der Waals surface area contributed by atoms with Crippen LogP contribution in [0.4, 0.5) is 0 Å². The molecule has 1 unspecified atom stereocenters. The Kier molecular flexibility index (Phi) is 3.58. The minimum Gasteiger partial charge on any atom is -0.339 e. The van der Waals surface area contributed by atoms with Gasteiger partial charge in [0.25, 0.3) is 5.91 Å². The summed E-state index contributed by atoms with van der Waals surface area (Å²) in [4.78, 5) is 17.6. The number of halogens is 1. The number of nitrogens with zero attached hydrogens (tertiary/aromatic N) is 3. The second-order valence-corrected chi connectivity index (χ2v) is 7.53. The van der Waals surface area contributed by atoms with Crippen molar-refractivity contribution in [3.05, 3.63) is 22.4 Å². The number of hydrogen-bond donors (Lipinski definition) is 0. The number of carbonyl (C=O) groups is 1. The molecule has 3 fully saturated rings. The Hall–Kier alpha value is -0.810. The normalized spacial score (nSPS) is 26.7. The number of hydrogen-bond acceptors (Lipinski definition) is 2. The summed E-state index contributed by atoms with van der Waals surface area (Å²) in [6, 6.07) is 3.13. The number of rotatable bonds is 2. The molecule has 0 aromatic carbocycles. The topological polar surface area (TPSA) is 28.5 Å². The zero-order valence-electron chi connectivity index (χ0n) is 12.3. The van der Waals surface area contributed by atoms with Gasteiger partial charge < -0.3 is 9.47 Å². The monoisotopic (exact) mass is 351 g/mol. The van der Waals surface area contributed by atoms with Crippen molar-refractivity contribution in [2.45, 2.75) is 44.2 Å². The van der Waals surface area contributed by atoms with E-state index in [-0.39, 0.29) is 5.91 Å². The molecule has 3 aliphatic rings. The lowest BCUT2D eigenvalue weighted by Gasteiger charge is -2.44. The predicted octanol–water partition coefficient (Wildman–Crippen LogP) is 2.90. The van der Waals surface area contributed by atoms with Gasteiger partial charge in [-0.15, -0.1) is 0 Å². The zero-order valence-corrected chi connectivity index (χ0v) is 13.9. The summed E-state index contributed by atoms with van der Waals surface area (Å²) in [7, 11) is 0. The first-order chi connectivity index (χ1) is 10.2. The van der Waals surface area contributed by atoms with Gasteiger partial charge in [0, 0.05) is 42.4 Å². The average molecular weight is 352 g/mol. The van der Waals surface area contributed by atoms with E-state index in [1.807, 2.05) is 6.07 Å². The van der Waals surface area contributed by atoms with Crippen molar-refractivity contribution in [2.75, 3.05) is 26.2 Å². The molecule has 0 bridgehead atoms. The van der Waals surface area contributed by atoms with Gasteiger partial charge in [-0.2, -0.15) is 0 Å². The molecule has 1 aliphatic carbocycles. The molecule has 0 spiro atoms. The summed E-state index contributed by atoms with van der Waals surface area (Å²) in [6.45, 7) is 4.05. The number of piperazine rings is 1. The van der Waals surface area contributed by atoms with Crippen LogP contribution in [0.1, 0.15) is 48.6 Å². The molecule has 5 heteroatoms. The van der Waals surface area contributed by atoms with Crippen LogP contribution in [-0.2, 0) is 0 Å². The maximum absolute atomic E-state index is 12.9. The molecule has 114 valence electrons. The first kappa shape index (κ1) is 13.8. The highest BCUT2D eigenvalue weighted by atomic mass is 79.9. The lowest BCUT2D eigenvalue weighted by Crippen LogP contribution is -2.56. The van der Waals surface area contributed by atoms with Crippen molar-refractivity contribution < 1.29 is 4.79 Å². The fourth-order valence-electron chi connectivity index (χ4n) is 3.77. The van der Waals surface area contributed by atoms with Gasteiger partial charge in [0.1, 0.15) is 5.69 Å². The van der Waals surface area contributed by atoms with Crippen molar-refractivity contribution in [3.63, 3.8) is 0 Å². The van der Waals surface area contributed by atoms with Crippen molar-refractivity contribution in [1.29, 1.82) is 0 Å². The molecule has 4 nitrogen and oxygen atoms in total. The third kappa shape index (κ3) is 2.66. The Balaban J connectivity index is 1.52. The van der Waals surface area contributed by atoms with Crippen LogP contribution in [0.2, 0.25) is 0 Å². The van der Waals surface area contributed by atoms with E-state index in [0.717, 1.165) is 29.8 Å². The molecule has 1 aromatic heterocycles. The molecule has 1 atom stereocenters. The SMILES string of the molecule is O=C(c1cc(Br)cn1C1CC1)N1CCN2CCCCC2C1. The number of piperidine rings is 1. The number of aromatic nitrogens is 1. The molecule has 2 aliphatic heterocycles. The highest BCUT2D eigenvalue weighted by Crippen LogP contribution is 2.38. The zero-order chi connectivity index (χ0) is 14.4. The summed E-state index contributed by atoms with van der Waals surface area (Å²) in [5.41, 5.74) is 0.869. The van der Waals surface area contributed by atoms with Crippen LogP contribution >= 0.6 is 15.9 Å². The summed E-state index contributed by atoms with van der Waals surface area (Å²) in [6.07, 6.45) is 8.36. The van der Waals surface area contributed by atoms with Gasteiger partial charge in [0.05, 0.1) is 0 Å². The van der Waals surface area contributed by atoms with E-state index in [2.05, 4.69) is 36.5 Å². The smallest absolute Gasteiger partial charge is 0.270 e. The predicted molar refractivity (Wildman–Crippen MR) is 85.5 cm³/mol. The molecule has 1 saturated carbocycles. The highest BCUT2D eigenvalue weighted by molar-refractivity contribution is 9.10. The minimum absolute atomic E-state index is 0.220. The average Bonchev–Trinajstić information content (AvgIpc) is 3.28. The van der Waals surface area contributed by atoms with Crippen LogP contribution in [0.5, 0.6) is 0 Å². The van der Waals surface area contributed by atoms with Gasteiger partial charge in [-0.05, 0) is 54.2 Å². The Morgan fingerprint density at radius 3 is 2.76 bits per heavy atom. The summed E-state index contributed by atoms with van der Waals surface area (Å²) < 4.78 is 3.20. The third-order valence-electron chi connectivity index (χ3n) is 5.10. The summed E-state index contributed by atoms with van der Waals surface area (Å²) in [5, 5.41) is 0. The van der Waals surface area contributed by atoms with Gasteiger partial charge in [-0.3, -0.25) is 9.69 Å². The molecule has 21 heavy (non-hydrogen) atoms. The highest BCUT2D eigenvalue weighted by Gasteiger charge is 2.34. The first-order valence-corrected chi connectivity index (χ1v) is 8.92. The van der Waals surface area contributed by atoms with Crippen molar-refractivity contribution >= 4 is 21.8 Å². The maximum Gasteiger partial charge on any atom is 0.270 e. The van der Waals surface area contributed by atoms with Gasteiger partial charge in [0.2, 0.25) is 0 Å². The summed E-state index contributed by atoms with van der Waals surface area (Å²) >= 11 is 3.53. The van der Waals surface area contributed by atoms with Crippen LogP contribution in [0.15, 0.2) is 16.7 Å². The molecule has 1 amide bonds. The van der Waals surface area contributed by atoms with Crippen LogP contribution in [-0.4, -0.2) is 52.5 Å². The van der Waals surface area contributed by atoms with Gasteiger partial charge in [0.15, 0.2) is 0 Å². The standard InChI is InChI=1S/C16H22BrN3O/c17-12-9-15(20(10-12)13-4-5-13)16(21)19-8-7-18-6-2-1-3-14(18)11-19/h9-10,13-14H,1-8,11H2. The fraction of sp³-hybridized carbons (Fsp3) is 0.688. The van der Waals surface area contributed by atoms with Gasteiger partial charge >= 0.3 is 0 Å². The fourth-order valence-corrected chi connectivity index (χ4v) is 4.21. The van der Waals surface area contributed by atoms with E-state index < -0.39 is 0 Å². The molecule has 0 radical (unpaired) electrons.